The number of rotatable bonds is 7. The highest BCUT2D eigenvalue weighted by molar-refractivity contribution is 9.10. The van der Waals surface area contributed by atoms with Crippen molar-refractivity contribution in [1.29, 1.82) is 0 Å². The predicted octanol–water partition coefficient (Wildman–Crippen LogP) is 2.96. The lowest BCUT2D eigenvalue weighted by Gasteiger charge is -2.21. The van der Waals surface area contributed by atoms with Gasteiger partial charge in [0.05, 0.1) is 49.8 Å². The van der Waals surface area contributed by atoms with Gasteiger partial charge in [-0.1, -0.05) is 0 Å². The van der Waals surface area contributed by atoms with E-state index in [9.17, 15) is 4.79 Å². The number of hydrogen-bond donors (Lipinski definition) is 0. The fraction of sp³-hybridized carbons (Fsp3) is 0.412. The highest BCUT2D eigenvalue weighted by atomic mass is 79.9. The number of ether oxygens (including phenoxy) is 3. The van der Waals surface area contributed by atoms with Crippen molar-refractivity contribution in [3.05, 3.63) is 34.1 Å². The number of hydrogen-bond acceptors (Lipinski definition) is 5. The second kappa shape index (κ2) is 8.24. The van der Waals surface area contributed by atoms with Crippen LogP contribution in [0, 0.1) is 0 Å². The zero-order chi connectivity index (χ0) is 18.6. The van der Waals surface area contributed by atoms with Crippen LogP contribution in [0.3, 0.4) is 0 Å². The molecule has 2 rings (SSSR count). The molecule has 0 N–H and O–H groups in total. The van der Waals surface area contributed by atoms with Gasteiger partial charge in [0.25, 0.3) is 5.91 Å². The van der Waals surface area contributed by atoms with Crippen LogP contribution in [0.15, 0.2) is 22.8 Å². The predicted molar refractivity (Wildman–Crippen MR) is 97.5 cm³/mol. The minimum absolute atomic E-state index is 0.187. The van der Waals surface area contributed by atoms with Gasteiger partial charge >= 0.3 is 0 Å². The first-order chi connectivity index (χ1) is 12.0. The minimum atomic E-state index is -0.187. The highest BCUT2D eigenvalue weighted by Gasteiger charge is 2.24. The normalized spacial score (nSPS) is 10.5. The van der Waals surface area contributed by atoms with Crippen LogP contribution in [-0.4, -0.2) is 49.0 Å². The Morgan fingerprint density at radius 1 is 1.20 bits per heavy atom. The quantitative estimate of drug-likeness (QED) is 0.700. The monoisotopic (exact) mass is 411 g/mol. The minimum Gasteiger partial charge on any atom is -0.493 e. The molecular formula is C17H22BrN3O4. The largest absolute Gasteiger partial charge is 0.493 e. The smallest absolute Gasteiger partial charge is 0.257 e. The van der Waals surface area contributed by atoms with Gasteiger partial charge in [0, 0.05) is 13.6 Å². The standard InChI is InChI=1S/C17H22BrN3O4/c1-6-21-13(12(18)9-19-21)10-20(2)17(22)11-7-8-14(23-3)16(25-5)15(11)24-4/h7-9H,6,10H2,1-5H3. The Hall–Kier alpha value is -2.22. The van der Waals surface area contributed by atoms with Crippen LogP contribution < -0.4 is 14.2 Å². The summed E-state index contributed by atoms with van der Waals surface area (Å²) in [5.74, 6) is 1.06. The first-order valence-electron chi connectivity index (χ1n) is 7.73. The van der Waals surface area contributed by atoms with Crippen molar-refractivity contribution in [2.75, 3.05) is 28.4 Å². The number of methoxy groups -OCH3 is 3. The van der Waals surface area contributed by atoms with Crippen molar-refractivity contribution < 1.29 is 19.0 Å². The lowest BCUT2D eigenvalue weighted by atomic mass is 10.1. The maximum Gasteiger partial charge on any atom is 0.257 e. The van der Waals surface area contributed by atoms with Crippen molar-refractivity contribution in [3.63, 3.8) is 0 Å². The SMILES string of the molecule is CCn1ncc(Br)c1CN(C)C(=O)c1ccc(OC)c(OC)c1OC. The molecule has 0 fully saturated rings. The zero-order valence-corrected chi connectivity index (χ0v) is 16.6. The topological polar surface area (TPSA) is 65.8 Å². The number of benzene rings is 1. The Morgan fingerprint density at radius 3 is 2.44 bits per heavy atom. The summed E-state index contributed by atoms with van der Waals surface area (Å²) in [6.45, 7) is 3.13. The Kier molecular flexibility index (Phi) is 6.30. The Bertz CT molecular complexity index is 761. The number of nitrogens with zero attached hydrogens (tertiary/aromatic N) is 3. The van der Waals surface area contributed by atoms with Gasteiger partial charge in [-0.15, -0.1) is 0 Å². The van der Waals surface area contributed by atoms with Gasteiger partial charge in [-0.05, 0) is 35.0 Å². The summed E-state index contributed by atoms with van der Waals surface area (Å²) < 4.78 is 18.7. The van der Waals surface area contributed by atoms with Crippen LogP contribution in [-0.2, 0) is 13.1 Å². The van der Waals surface area contributed by atoms with Crippen LogP contribution in [0.2, 0.25) is 0 Å². The molecule has 8 heteroatoms. The number of amides is 1. The van der Waals surface area contributed by atoms with Crippen molar-refractivity contribution in [2.45, 2.75) is 20.0 Å². The van der Waals surface area contributed by atoms with E-state index >= 15 is 0 Å². The van der Waals surface area contributed by atoms with E-state index in [1.54, 1.807) is 30.3 Å². The van der Waals surface area contributed by atoms with Crippen molar-refractivity contribution in [3.8, 4) is 17.2 Å². The molecule has 0 unspecified atom stereocenters. The summed E-state index contributed by atoms with van der Waals surface area (Å²) in [7, 11) is 6.28. The fourth-order valence-electron chi connectivity index (χ4n) is 2.59. The number of halogens is 1. The third kappa shape index (κ3) is 3.73. The van der Waals surface area contributed by atoms with Crippen LogP contribution >= 0.6 is 15.9 Å². The third-order valence-corrected chi connectivity index (χ3v) is 4.53. The van der Waals surface area contributed by atoms with Crippen LogP contribution in [0.25, 0.3) is 0 Å². The second-order valence-corrected chi connectivity index (χ2v) is 6.15. The number of aromatic nitrogens is 2. The van der Waals surface area contributed by atoms with E-state index in [1.165, 1.54) is 21.3 Å². The Balaban J connectivity index is 2.35. The maximum absolute atomic E-state index is 12.9. The molecule has 0 saturated carbocycles. The summed E-state index contributed by atoms with van der Waals surface area (Å²) in [5, 5.41) is 4.27. The molecule has 0 saturated heterocycles. The molecule has 0 spiro atoms. The van der Waals surface area contributed by atoms with Crippen molar-refractivity contribution in [2.24, 2.45) is 0 Å². The fourth-order valence-corrected chi connectivity index (χ4v) is 3.01. The summed E-state index contributed by atoms with van der Waals surface area (Å²) in [4.78, 5) is 14.5. The van der Waals surface area contributed by atoms with E-state index in [4.69, 9.17) is 14.2 Å². The lowest BCUT2D eigenvalue weighted by Crippen LogP contribution is -2.28. The molecule has 0 radical (unpaired) electrons. The first-order valence-corrected chi connectivity index (χ1v) is 8.52. The van der Waals surface area contributed by atoms with Gasteiger partial charge in [0.1, 0.15) is 0 Å². The molecule has 1 aromatic carbocycles. The van der Waals surface area contributed by atoms with E-state index < -0.39 is 0 Å². The van der Waals surface area contributed by atoms with E-state index in [0.29, 0.717) is 29.4 Å². The van der Waals surface area contributed by atoms with Crippen molar-refractivity contribution >= 4 is 21.8 Å². The Labute approximate surface area is 155 Å². The molecule has 136 valence electrons. The molecule has 0 atom stereocenters. The molecule has 25 heavy (non-hydrogen) atoms. The van der Waals surface area contributed by atoms with Crippen LogP contribution in [0.4, 0.5) is 0 Å². The van der Waals surface area contributed by atoms with E-state index in [2.05, 4.69) is 21.0 Å². The average molecular weight is 412 g/mol. The second-order valence-electron chi connectivity index (χ2n) is 5.30. The molecule has 2 aromatic rings. The van der Waals surface area contributed by atoms with Crippen molar-refractivity contribution in [1.82, 2.24) is 14.7 Å². The van der Waals surface area contributed by atoms with Gasteiger partial charge in [-0.3, -0.25) is 9.48 Å². The molecule has 0 aliphatic rings. The van der Waals surface area contributed by atoms with Crippen LogP contribution in [0.1, 0.15) is 23.0 Å². The van der Waals surface area contributed by atoms with E-state index in [1.807, 2.05) is 11.6 Å². The third-order valence-electron chi connectivity index (χ3n) is 3.87. The number of aryl methyl sites for hydroxylation is 1. The van der Waals surface area contributed by atoms with Gasteiger partial charge in [0.15, 0.2) is 11.5 Å². The molecule has 0 aliphatic heterocycles. The molecule has 0 bridgehead atoms. The average Bonchev–Trinajstić information content (AvgIpc) is 2.99. The summed E-state index contributed by atoms with van der Waals surface area (Å²) in [6.07, 6.45) is 1.73. The van der Waals surface area contributed by atoms with E-state index in [-0.39, 0.29) is 5.91 Å². The molecule has 7 nitrogen and oxygen atoms in total. The molecule has 1 aromatic heterocycles. The first kappa shape index (κ1) is 19.1. The van der Waals surface area contributed by atoms with Crippen LogP contribution in [0.5, 0.6) is 17.2 Å². The van der Waals surface area contributed by atoms with Gasteiger partial charge in [-0.25, -0.2) is 0 Å². The lowest BCUT2D eigenvalue weighted by molar-refractivity contribution is 0.0777. The van der Waals surface area contributed by atoms with Gasteiger partial charge < -0.3 is 19.1 Å². The number of carbonyl (C=O) groups excluding carboxylic acids is 1. The zero-order valence-electron chi connectivity index (χ0n) is 15.0. The van der Waals surface area contributed by atoms with Gasteiger partial charge in [0.2, 0.25) is 5.75 Å². The van der Waals surface area contributed by atoms with E-state index in [0.717, 1.165) is 16.7 Å². The number of carbonyl (C=O) groups is 1. The summed E-state index contributed by atoms with van der Waals surface area (Å²) in [5.41, 5.74) is 1.33. The maximum atomic E-state index is 12.9. The Morgan fingerprint density at radius 2 is 1.88 bits per heavy atom. The molecule has 0 aliphatic carbocycles. The molecule has 1 heterocycles. The van der Waals surface area contributed by atoms with Gasteiger partial charge in [-0.2, -0.15) is 5.10 Å². The summed E-state index contributed by atoms with van der Waals surface area (Å²) in [6, 6.07) is 3.36. The molecular weight excluding hydrogens is 390 g/mol. The highest BCUT2D eigenvalue weighted by Crippen LogP contribution is 2.40. The summed E-state index contributed by atoms with van der Waals surface area (Å²) >= 11 is 3.48. The molecule has 1 amide bonds.